The van der Waals surface area contributed by atoms with Crippen molar-refractivity contribution in [3.8, 4) is 39.8 Å². The number of aromatic nitrogens is 1. The van der Waals surface area contributed by atoms with Gasteiger partial charge in [0, 0.05) is 21.9 Å². The molecule has 0 unspecified atom stereocenters. The molecule has 4 heteroatoms. The zero-order chi connectivity index (χ0) is 33.9. The molecule has 0 N–H and O–H groups in total. The molecule has 0 spiro atoms. The molecule has 3 nitrogen and oxygen atoms in total. The molecule has 3 heterocycles. The van der Waals surface area contributed by atoms with E-state index >= 15 is 0 Å². The van der Waals surface area contributed by atoms with Crippen LogP contribution < -0.4 is 25.9 Å². The van der Waals surface area contributed by atoms with Gasteiger partial charge in [-0.25, -0.2) is 0 Å². The number of hydrogen-bond donors (Lipinski definition) is 0. The fourth-order valence-corrected chi connectivity index (χ4v) is 9.01. The normalized spacial score (nSPS) is 12.9. The molecular formula is C48H28BNO2. The predicted molar refractivity (Wildman–Crippen MR) is 216 cm³/mol. The first-order valence-corrected chi connectivity index (χ1v) is 17.9. The second-order valence-electron chi connectivity index (χ2n) is 14.0. The van der Waals surface area contributed by atoms with Crippen LogP contribution in [0.1, 0.15) is 0 Å². The largest absolute Gasteiger partial charge is 0.458 e. The minimum absolute atomic E-state index is 0.0138. The van der Waals surface area contributed by atoms with Crippen molar-refractivity contribution in [3.63, 3.8) is 0 Å². The van der Waals surface area contributed by atoms with Crippen LogP contribution in [0.2, 0.25) is 0 Å². The Kier molecular flexibility index (Phi) is 5.58. The molecule has 0 amide bonds. The Bertz CT molecular complexity index is 3090. The molecule has 10 aromatic rings. The Labute approximate surface area is 300 Å². The van der Waals surface area contributed by atoms with Gasteiger partial charge in [0.1, 0.15) is 23.0 Å². The maximum absolute atomic E-state index is 6.97. The lowest BCUT2D eigenvalue weighted by molar-refractivity contribution is 0.465. The van der Waals surface area contributed by atoms with E-state index in [9.17, 15) is 0 Å². The van der Waals surface area contributed by atoms with Gasteiger partial charge in [-0.15, -0.1) is 0 Å². The molecule has 9 aromatic carbocycles. The highest BCUT2D eigenvalue weighted by atomic mass is 16.5. The fourth-order valence-electron chi connectivity index (χ4n) is 9.01. The average molecular weight is 662 g/mol. The number of para-hydroxylation sites is 3. The Morgan fingerprint density at radius 2 is 0.846 bits per heavy atom. The first-order valence-electron chi connectivity index (χ1n) is 17.9. The Hall–Kier alpha value is -6.78. The maximum Gasteiger partial charge on any atom is 0.260 e. The molecule has 1 aromatic heterocycles. The third-order valence-electron chi connectivity index (χ3n) is 11.3. The van der Waals surface area contributed by atoms with Gasteiger partial charge in [0.05, 0.1) is 11.0 Å². The summed E-state index contributed by atoms with van der Waals surface area (Å²) >= 11 is 0. The first kappa shape index (κ1) is 28.0. The molecule has 0 atom stereocenters. The van der Waals surface area contributed by atoms with Crippen LogP contribution in [0.25, 0.3) is 70.9 Å². The third-order valence-corrected chi connectivity index (χ3v) is 11.3. The van der Waals surface area contributed by atoms with Crippen molar-refractivity contribution in [2.24, 2.45) is 0 Å². The molecule has 12 rings (SSSR count). The topological polar surface area (TPSA) is 23.4 Å². The van der Waals surface area contributed by atoms with Gasteiger partial charge in [0.25, 0.3) is 6.71 Å². The summed E-state index contributed by atoms with van der Waals surface area (Å²) in [4.78, 5) is 0. The summed E-state index contributed by atoms with van der Waals surface area (Å²) in [5.74, 6) is 3.47. The van der Waals surface area contributed by atoms with Gasteiger partial charge >= 0.3 is 0 Å². The Morgan fingerprint density at radius 3 is 1.48 bits per heavy atom. The van der Waals surface area contributed by atoms with Gasteiger partial charge in [0.15, 0.2) is 0 Å². The summed E-state index contributed by atoms with van der Waals surface area (Å²) in [6, 6.07) is 61.1. The van der Waals surface area contributed by atoms with Gasteiger partial charge < -0.3 is 14.0 Å². The van der Waals surface area contributed by atoms with Gasteiger partial charge in [0.2, 0.25) is 0 Å². The standard InChI is InChI=1S/C48H28BNO2/c1-3-13-34-32(11-1)33-12-2-4-14-35(33)39-28-45-41(27-38(34)39)49-40-17-7-10-20-44(40)51-46-25-30(26-47(52-45)48(46)49)29-21-23-31(24-22-29)50-42-18-8-5-15-36(42)37-16-6-9-19-43(37)50/h1-28H. The van der Waals surface area contributed by atoms with E-state index in [1.807, 2.05) is 0 Å². The zero-order valence-corrected chi connectivity index (χ0v) is 28.0. The molecule has 2 aliphatic heterocycles. The van der Waals surface area contributed by atoms with E-state index in [1.54, 1.807) is 0 Å². The molecule has 52 heavy (non-hydrogen) atoms. The molecule has 0 saturated carbocycles. The number of fused-ring (bicyclic) bond motifs is 13. The number of ether oxygens (including phenoxy) is 2. The highest BCUT2D eigenvalue weighted by Crippen LogP contribution is 2.42. The van der Waals surface area contributed by atoms with Gasteiger partial charge in [-0.3, -0.25) is 0 Å². The molecular weight excluding hydrogens is 633 g/mol. The monoisotopic (exact) mass is 661 g/mol. The van der Waals surface area contributed by atoms with Crippen LogP contribution in [-0.2, 0) is 0 Å². The lowest BCUT2D eigenvalue weighted by Gasteiger charge is -2.33. The highest BCUT2D eigenvalue weighted by Gasteiger charge is 2.40. The summed E-state index contributed by atoms with van der Waals surface area (Å²) in [5.41, 5.74) is 9.11. The summed E-state index contributed by atoms with van der Waals surface area (Å²) in [6.45, 7) is -0.0138. The smallest absolute Gasteiger partial charge is 0.260 e. The van der Waals surface area contributed by atoms with Crippen molar-refractivity contribution in [2.75, 3.05) is 0 Å². The van der Waals surface area contributed by atoms with Crippen LogP contribution in [0, 0.1) is 0 Å². The summed E-state index contributed by atoms with van der Waals surface area (Å²) < 4.78 is 16.0. The molecule has 0 radical (unpaired) electrons. The molecule has 2 aliphatic rings. The minimum atomic E-state index is -0.0138. The maximum atomic E-state index is 6.97. The second kappa shape index (κ2) is 10.4. The summed E-state index contributed by atoms with van der Waals surface area (Å²) in [5, 5.41) is 9.98. The van der Waals surface area contributed by atoms with Crippen LogP contribution in [0.4, 0.5) is 0 Å². The van der Waals surface area contributed by atoms with Crippen molar-refractivity contribution in [1.29, 1.82) is 0 Å². The quantitative estimate of drug-likeness (QED) is 0.136. The van der Waals surface area contributed by atoms with Crippen molar-refractivity contribution < 1.29 is 9.47 Å². The van der Waals surface area contributed by atoms with Crippen LogP contribution in [-0.4, -0.2) is 11.3 Å². The molecule has 0 aliphatic carbocycles. The van der Waals surface area contributed by atoms with Crippen molar-refractivity contribution in [1.82, 2.24) is 4.57 Å². The zero-order valence-electron chi connectivity index (χ0n) is 28.0. The fraction of sp³-hybridized carbons (Fsp3) is 0. The minimum Gasteiger partial charge on any atom is -0.458 e. The molecule has 0 fully saturated rings. The number of nitrogens with zero attached hydrogens (tertiary/aromatic N) is 1. The lowest BCUT2D eigenvalue weighted by atomic mass is 9.34. The van der Waals surface area contributed by atoms with Crippen molar-refractivity contribution in [3.05, 3.63) is 170 Å². The van der Waals surface area contributed by atoms with Crippen LogP contribution in [0.5, 0.6) is 23.0 Å². The molecule has 240 valence electrons. The first-order chi connectivity index (χ1) is 25.8. The second-order valence-corrected chi connectivity index (χ2v) is 14.0. The average Bonchev–Trinajstić information content (AvgIpc) is 3.54. The molecule has 0 bridgehead atoms. The van der Waals surface area contributed by atoms with E-state index in [2.05, 4.69) is 174 Å². The van der Waals surface area contributed by atoms with Crippen LogP contribution >= 0.6 is 0 Å². The van der Waals surface area contributed by atoms with E-state index in [-0.39, 0.29) is 6.71 Å². The van der Waals surface area contributed by atoms with Crippen LogP contribution in [0.3, 0.4) is 0 Å². The van der Waals surface area contributed by atoms with Crippen LogP contribution in [0.15, 0.2) is 170 Å². The van der Waals surface area contributed by atoms with E-state index in [0.717, 1.165) is 50.7 Å². The number of rotatable bonds is 2. The van der Waals surface area contributed by atoms with Crippen molar-refractivity contribution >= 4 is 77.2 Å². The van der Waals surface area contributed by atoms with Crippen molar-refractivity contribution in [2.45, 2.75) is 0 Å². The van der Waals surface area contributed by atoms with E-state index in [1.165, 1.54) is 59.6 Å². The van der Waals surface area contributed by atoms with E-state index in [0.29, 0.717) is 0 Å². The van der Waals surface area contributed by atoms with E-state index < -0.39 is 0 Å². The third kappa shape index (κ3) is 3.81. The molecule has 0 saturated heterocycles. The number of benzene rings is 9. The van der Waals surface area contributed by atoms with Gasteiger partial charge in [-0.05, 0) is 103 Å². The van der Waals surface area contributed by atoms with Gasteiger partial charge in [-0.2, -0.15) is 0 Å². The SMILES string of the molecule is c1ccc2c(c1)Oc1cc(-c3ccc(-n4c5ccccc5c5ccccc54)cc3)cc3c1B2c1cc2c4ccccc4c4ccccc4c2cc1O3. The Morgan fingerprint density at radius 1 is 0.346 bits per heavy atom. The highest BCUT2D eigenvalue weighted by molar-refractivity contribution is 6.98. The summed E-state index contributed by atoms with van der Waals surface area (Å²) in [7, 11) is 0. The van der Waals surface area contributed by atoms with Gasteiger partial charge in [-0.1, -0.05) is 121 Å². The lowest BCUT2D eigenvalue weighted by Crippen LogP contribution is -2.57. The Balaban J connectivity index is 1.04. The van der Waals surface area contributed by atoms with E-state index in [4.69, 9.17) is 9.47 Å². The predicted octanol–water partition coefficient (Wildman–Crippen LogP) is 10.6. The number of hydrogen-bond acceptors (Lipinski definition) is 2. The summed E-state index contributed by atoms with van der Waals surface area (Å²) in [6.07, 6.45) is 0.